The van der Waals surface area contributed by atoms with Crippen LogP contribution in [0.4, 0.5) is 15.8 Å². The van der Waals surface area contributed by atoms with Gasteiger partial charge in [-0.3, -0.25) is 15.1 Å². The highest BCUT2D eigenvalue weighted by atomic mass is 19.1. The van der Waals surface area contributed by atoms with Gasteiger partial charge in [0.15, 0.2) is 0 Å². The first-order valence-corrected chi connectivity index (χ1v) is 5.68. The smallest absolute Gasteiger partial charge is 0.292 e. The molecule has 19 heavy (non-hydrogen) atoms. The third-order valence-corrected chi connectivity index (χ3v) is 2.70. The van der Waals surface area contributed by atoms with E-state index >= 15 is 0 Å². The van der Waals surface area contributed by atoms with E-state index in [1.165, 1.54) is 18.3 Å². The van der Waals surface area contributed by atoms with Crippen LogP contribution in [0.5, 0.6) is 0 Å². The summed E-state index contributed by atoms with van der Waals surface area (Å²) in [5.74, 6) is -0.436. The van der Waals surface area contributed by atoms with E-state index in [0.717, 1.165) is 6.20 Å². The Morgan fingerprint density at radius 1 is 1.37 bits per heavy atom. The van der Waals surface area contributed by atoms with Gasteiger partial charge in [-0.1, -0.05) is 12.1 Å². The third kappa shape index (κ3) is 3.04. The number of nitrogens with one attached hydrogen (secondary N) is 1. The second-order valence-electron chi connectivity index (χ2n) is 4.08. The topological polar surface area (TPSA) is 68.1 Å². The van der Waals surface area contributed by atoms with Gasteiger partial charge in [0, 0.05) is 12.3 Å². The molecule has 0 spiro atoms. The summed E-state index contributed by atoms with van der Waals surface area (Å²) in [6.07, 6.45) is 2.64. The van der Waals surface area contributed by atoms with Crippen LogP contribution in [0, 0.1) is 15.9 Å². The van der Waals surface area contributed by atoms with Gasteiger partial charge in [-0.25, -0.2) is 4.39 Å². The fourth-order valence-corrected chi connectivity index (χ4v) is 1.74. The minimum Gasteiger partial charge on any atom is -0.373 e. The molecule has 0 aliphatic rings. The highest BCUT2D eigenvalue weighted by Gasteiger charge is 2.15. The number of pyridine rings is 1. The van der Waals surface area contributed by atoms with Gasteiger partial charge >= 0.3 is 0 Å². The Morgan fingerprint density at radius 2 is 2.11 bits per heavy atom. The van der Waals surface area contributed by atoms with Gasteiger partial charge in [0.1, 0.15) is 11.5 Å². The Morgan fingerprint density at radius 3 is 2.79 bits per heavy atom. The second kappa shape index (κ2) is 5.43. The fraction of sp³-hybridized carbons (Fsp3) is 0.154. The monoisotopic (exact) mass is 261 g/mol. The van der Waals surface area contributed by atoms with Gasteiger partial charge in [-0.2, -0.15) is 0 Å². The molecule has 0 aliphatic carbocycles. The van der Waals surface area contributed by atoms with Crippen LogP contribution in [0.2, 0.25) is 0 Å². The van der Waals surface area contributed by atoms with E-state index in [-0.39, 0.29) is 11.7 Å². The molecule has 2 aromatic rings. The summed E-state index contributed by atoms with van der Waals surface area (Å²) in [4.78, 5) is 14.2. The molecule has 98 valence electrons. The number of hydrogen-bond acceptors (Lipinski definition) is 4. The molecule has 1 heterocycles. The maximum absolute atomic E-state index is 13.1. The zero-order valence-corrected chi connectivity index (χ0v) is 10.2. The first-order chi connectivity index (χ1) is 9.08. The lowest BCUT2D eigenvalue weighted by Crippen LogP contribution is -2.08. The van der Waals surface area contributed by atoms with E-state index < -0.39 is 10.7 Å². The Bertz CT molecular complexity index is 604. The molecular weight excluding hydrogens is 249 g/mol. The molecule has 1 N–H and O–H groups in total. The molecular formula is C13H12FN3O2. The number of nitro groups is 1. The fourth-order valence-electron chi connectivity index (χ4n) is 1.74. The standard InChI is InChI=1S/C13H12FN3O2/c1-9(10-6-11(14)8-15-7-10)16-12-4-2-3-5-13(12)17(18)19/h2-9,16H,1H3. The van der Waals surface area contributed by atoms with E-state index in [1.807, 2.05) is 0 Å². The Kier molecular flexibility index (Phi) is 3.70. The van der Waals surface area contributed by atoms with E-state index in [0.29, 0.717) is 11.3 Å². The molecule has 0 bridgehead atoms. The predicted molar refractivity (Wildman–Crippen MR) is 69.3 cm³/mol. The van der Waals surface area contributed by atoms with E-state index in [4.69, 9.17) is 0 Å². The molecule has 1 atom stereocenters. The van der Waals surface area contributed by atoms with Gasteiger partial charge in [-0.05, 0) is 24.6 Å². The number of nitrogens with zero attached hydrogens (tertiary/aromatic N) is 2. The summed E-state index contributed by atoms with van der Waals surface area (Å²) in [7, 11) is 0. The average Bonchev–Trinajstić information content (AvgIpc) is 2.39. The number of para-hydroxylation sites is 2. The van der Waals surface area contributed by atoms with Gasteiger partial charge in [0.2, 0.25) is 0 Å². The van der Waals surface area contributed by atoms with Crippen LogP contribution < -0.4 is 5.32 Å². The lowest BCUT2D eigenvalue weighted by Gasteiger charge is -2.15. The molecule has 0 fully saturated rings. The summed E-state index contributed by atoms with van der Waals surface area (Å²) in [6, 6.07) is 7.38. The van der Waals surface area contributed by atoms with Gasteiger partial charge < -0.3 is 5.32 Å². The summed E-state index contributed by atoms with van der Waals surface area (Å²) in [5, 5.41) is 13.9. The van der Waals surface area contributed by atoms with Crippen molar-refractivity contribution in [1.29, 1.82) is 0 Å². The molecule has 0 saturated heterocycles. The molecule has 1 aromatic heterocycles. The van der Waals surface area contributed by atoms with Crippen LogP contribution in [0.1, 0.15) is 18.5 Å². The van der Waals surface area contributed by atoms with Crippen LogP contribution in [0.3, 0.4) is 0 Å². The summed E-state index contributed by atoms with van der Waals surface area (Å²) < 4.78 is 13.1. The molecule has 0 amide bonds. The van der Waals surface area contributed by atoms with Crippen molar-refractivity contribution >= 4 is 11.4 Å². The molecule has 1 unspecified atom stereocenters. The van der Waals surface area contributed by atoms with Crippen molar-refractivity contribution in [2.24, 2.45) is 0 Å². The number of benzene rings is 1. The van der Waals surface area contributed by atoms with Crippen molar-refractivity contribution in [3.8, 4) is 0 Å². The van der Waals surface area contributed by atoms with Crippen molar-refractivity contribution in [1.82, 2.24) is 4.98 Å². The Labute approximate surface area is 109 Å². The highest BCUT2D eigenvalue weighted by Crippen LogP contribution is 2.27. The molecule has 2 rings (SSSR count). The van der Waals surface area contributed by atoms with Crippen molar-refractivity contribution in [3.05, 3.63) is 64.2 Å². The number of rotatable bonds is 4. The summed E-state index contributed by atoms with van der Waals surface area (Å²) in [5.41, 5.74) is 1.00. The van der Waals surface area contributed by atoms with Crippen LogP contribution >= 0.6 is 0 Å². The van der Waals surface area contributed by atoms with Crippen molar-refractivity contribution in [2.45, 2.75) is 13.0 Å². The molecule has 0 radical (unpaired) electrons. The number of hydrogen-bond donors (Lipinski definition) is 1. The molecule has 6 heteroatoms. The Balaban J connectivity index is 2.24. The number of anilines is 1. The third-order valence-electron chi connectivity index (χ3n) is 2.70. The van der Waals surface area contributed by atoms with Crippen LogP contribution in [0.25, 0.3) is 0 Å². The minimum absolute atomic E-state index is 0.0151. The normalized spacial score (nSPS) is 11.9. The van der Waals surface area contributed by atoms with Crippen LogP contribution in [-0.4, -0.2) is 9.91 Å². The van der Waals surface area contributed by atoms with Crippen molar-refractivity contribution < 1.29 is 9.31 Å². The largest absolute Gasteiger partial charge is 0.373 e. The number of nitro benzene ring substituents is 1. The maximum atomic E-state index is 13.1. The van der Waals surface area contributed by atoms with Crippen LogP contribution in [0.15, 0.2) is 42.7 Å². The lowest BCUT2D eigenvalue weighted by atomic mass is 10.1. The first-order valence-electron chi connectivity index (χ1n) is 5.68. The molecule has 0 saturated carbocycles. The average molecular weight is 261 g/mol. The summed E-state index contributed by atoms with van der Waals surface area (Å²) >= 11 is 0. The van der Waals surface area contributed by atoms with Gasteiger partial charge in [0.05, 0.1) is 17.2 Å². The van der Waals surface area contributed by atoms with E-state index in [1.54, 1.807) is 25.1 Å². The Hall–Kier alpha value is -2.50. The molecule has 1 aromatic carbocycles. The number of halogens is 1. The lowest BCUT2D eigenvalue weighted by molar-refractivity contribution is -0.384. The highest BCUT2D eigenvalue weighted by molar-refractivity contribution is 5.61. The van der Waals surface area contributed by atoms with E-state index in [2.05, 4.69) is 10.3 Å². The predicted octanol–water partition coefficient (Wildman–Crippen LogP) is 3.30. The summed E-state index contributed by atoms with van der Waals surface area (Å²) in [6.45, 7) is 1.78. The zero-order chi connectivity index (χ0) is 13.8. The SMILES string of the molecule is CC(Nc1ccccc1[N+](=O)[O-])c1cncc(F)c1. The molecule has 0 aliphatic heterocycles. The maximum Gasteiger partial charge on any atom is 0.292 e. The molecule has 5 nitrogen and oxygen atoms in total. The van der Waals surface area contributed by atoms with Crippen LogP contribution in [-0.2, 0) is 0 Å². The van der Waals surface area contributed by atoms with Gasteiger partial charge in [0.25, 0.3) is 5.69 Å². The number of aromatic nitrogens is 1. The second-order valence-corrected chi connectivity index (χ2v) is 4.08. The van der Waals surface area contributed by atoms with Gasteiger partial charge in [-0.15, -0.1) is 0 Å². The quantitative estimate of drug-likeness (QED) is 0.677. The first kappa shape index (κ1) is 12.9. The van der Waals surface area contributed by atoms with Crippen molar-refractivity contribution in [3.63, 3.8) is 0 Å². The zero-order valence-electron chi connectivity index (χ0n) is 10.2. The van der Waals surface area contributed by atoms with E-state index in [9.17, 15) is 14.5 Å². The minimum atomic E-state index is -0.459. The van der Waals surface area contributed by atoms with Crippen molar-refractivity contribution in [2.75, 3.05) is 5.32 Å².